The van der Waals surface area contributed by atoms with Crippen LogP contribution in [0.5, 0.6) is 5.75 Å². The molecule has 0 spiro atoms. The highest BCUT2D eigenvalue weighted by molar-refractivity contribution is 6.33. The highest BCUT2D eigenvalue weighted by atomic mass is 35.5. The van der Waals surface area contributed by atoms with Crippen LogP contribution in [0.2, 0.25) is 10.0 Å². The minimum absolute atomic E-state index is 0.0269. The molecule has 2 heterocycles. The first-order valence-corrected chi connectivity index (χ1v) is 13.2. The van der Waals surface area contributed by atoms with Gasteiger partial charge in [0.05, 0.1) is 5.69 Å². The quantitative estimate of drug-likeness (QED) is 0.390. The molecule has 6 nitrogen and oxygen atoms in total. The van der Waals surface area contributed by atoms with Gasteiger partial charge in [0.25, 0.3) is 0 Å². The fourth-order valence-electron chi connectivity index (χ4n) is 5.31. The number of nitrogens with zero attached hydrogens (tertiary/aromatic N) is 3. The van der Waals surface area contributed by atoms with E-state index in [0.29, 0.717) is 28.0 Å². The number of phenolic OH excluding ortho intramolecular Hbond substituents is 1. The largest absolute Gasteiger partial charge is 0.508 e. The Hall–Kier alpha value is -3.06. The van der Waals surface area contributed by atoms with Gasteiger partial charge in [-0.3, -0.25) is 4.79 Å². The average molecular weight is 537 g/mol. The Morgan fingerprint density at radius 3 is 2.68 bits per heavy atom. The van der Waals surface area contributed by atoms with Crippen LogP contribution in [0.25, 0.3) is 11.1 Å². The number of anilines is 1. The summed E-state index contributed by atoms with van der Waals surface area (Å²) in [5.74, 6) is 0.808. The van der Waals surface area contributed by atoms with Gasteiger partial charge >= 0.3 is 0 Å². The van der Waals surface area contributed by atoms with Crippen LogP contribution in [0.1, 0.15) is 36.9 Å². The fraction of sp³-hybridized carbons (Fsp3) is 0.310. The number of benzene rings is 3. The number of nitrogens with one attached hydrogen (secondary N) is 1. The maximum atomic E-state index is 14.2. The summed E-state index contributed by atoms with van der Waals surface area (Å²) in [7, 11) is 1.86. The molecule has 0 radical (unpaired) electrons. The SMILES string of the molecule is CC1=Nc2ccc(-c3cc(O)ccc3Cl)cc2C(C(=O)N(C)C[C@@H]2CCCN2)N1c1cc(C)cc(Cl)c1. The van der Waals surface area contributed by atoms with Gasteiger partial charge in [-0.25, -0.2) is 4.99 Å². The standard InChI is InChI=1S/C29H30Cl2N4O2/c1-17-11-20(30)14-22(12-17)35-18(2)33-27-9-6-19(24-15-23(36)7-8-26(24)31)13-25(27)28(35)29(37)34(3)16-21-5-4-10-32-21/h6-9,11-15,21,28,32,36H,4-5,10,16H2,1-3H3/t21-,28?/m0/s1. The molecule has 8 heteroatoms. The predicted molar refractivity (Wildman–Crippen MR) is 151 cm³/mol. The first kappa shape index (κ1) is 25.6. The van der Waals surface area contributed by atoms with E-state index in [0.717, 1.165) is 47.5 Å². The number of fused-ring (bicyclic) bond motifs is 1. The summed E-state index contributed by atoms with van der Waals surface area (Å²) in [5, 5.41) is 14.7. The maximum Gasteiger partial charge on any atom is 0.250 e. The molecule has 2 aliphatic rings. The Morgan fingerprint density at radius 2 is 1.95 bits per heavy atom. The maximum absolute atomic E-state index is 14.2. The first-order valence-electron chi connectivity index (χ1n) is 12.4. The van der Waals surface area contributed by atoms with Crippen molar-refractivity contribution in [1.82, 2.24) is 10.2 Å². The van der Waals surface area contributed by atoms with Crippen LogP contribution in [0.3, 0.4) is 0 Å². The second-order valence-electron chi connectivity index (χ2n) is 9.87. The summed E-state index contributed by atoms with van der Waals surface area (Å²) in [4.78, 5) is 22.9. The second kappa shape index (κ2) is 10.4. The van der Waals surface area contributed by atoms with Crippen LogP contribution in [-0.4, -0.2) is 47.9 Å². The number of carbonyl (C=O) groups is 1. The molecule has 2 N–H and O–H groups in total. The van der Waals surface area contributed by atoms with Gasteiger partial charge in [0.1, 0.15) is 17.6 Å². The molecule has 37 heavy (non-hydrogen) atoms. The average Bonchev–Trinajstić information content (AvgIpc) is 3.36. The number of amides is 1. The molecule has 2 atom stereocenters. The van der Waals surface area contributed by atoms with E-state index in [1.807, 2.05) is 67.1 Å². The Labute approximate surface area is 227 Å². The summed E-state index contributed by atoms with van der Waals surface area (Å²) >= 11 is 12.9. The van der Waals surface area contributed by atoms with Crippen LogP contribution in [0.4, 0.5) is 11.4 Å². The number of aliphatic imine (C=N–C) groups is 1. The van der Waals surface area contributed by atoms with Crippen molar-refractivity contribution in [3.63, 3.8) is 0 Å². The Bertz CT molecular complexity index is 1360. The number of hydrogen-bond acceptors (Lipinski definition) is 5. The minimum Gasteiger partial charge on any atom is -0.508 e. The summed E-state index contributed by atoms with van der Waals surface area (Å²) in [6, 6.07) is 16.1. The molecule has 3 aromatic carbocycles. The van der Waals surface area contributed by atoms with E-state index in [9.17, 15) is 9.90 Å². The molecule has 0 bridgehead atoms. The van der Waals surface area contributed by atoms with Crippen LogP contribution in [0, 0.1) is 6.92 Å². The monoisotopic (exact) mass is 536 g/mol. The second-order valence-corrected chi connectivity index (χ2v) is 10.7. The highest BCUT2D eigenvalue weighted by Crippen LogP contribution is 2.43. The first-order chi connectivity index (χ1) is 17.7. The van der Waals surface area contributed by atoms with Gasteiger partial charge in [-0.1, -0.05) is 29.3 Å². The summed E-state index contributed by atoms with van der Waals surface area (Å²) in [6.07, 6.45) is 2.17. The number of aromatic hydroxyl groups is 1. The Kier molecular flexibility index (Phi) is 7.17. The fourth-order valence-corrected chi connectivity index (χ4v) is 5.82. The van der Waals surface area contributed by atoms with Crippen LogP contribution >= 0.6 is 23.2 Å². The topological polar surface area (TPSA) is 68.2 Å². The van der Waals surface area contributed by atoms with Crippen molar-refractivity contribution in [2.24, 2.45) is 4.99 Å². The van der Waals surface area contributed by atoms with Crippen LogP contribution < -0.4 is 10.2 Å². The van der Waals surface area contributed by atoms with E-state index in [2.05, 4.69) is 5.32 Å². The molecule has 1 amide bonds. The number of rotatable bonds is 5. The van der Waals surface area contributed by atoms with Gasteiger partial charge in [0, 0.05) is 46.5 Å². The third-order valence-corrected chi connectivity index (χ3v) is 7.59. The molecule has 1 unspecified atom stereocenters. The normalized spacial score (nSPS) is 18.9. The third-order valence-electron chi connectivity index (χ3n) is 7.04. The summed E-state index contributed by atoms with van der Waals surface area (Å²) in [5.41, 5.74) is 4.80. The summed E-state index contributed by atoms with van der Waals surface area (Å²) in [6.45, 7) is 5.50. The number of aryl methyl sites for hydroxylation is 1. The lowest BCUT2D eigenvalue weighted by atomic mass is 9.93. The van der Waals surface area contributed by atoms with Crippen molar-refractivity contribution in [2.45, 2.75) is 38.8 Å². The molecular formula is C29H30Cl2N4O2. The van der Waals surface area contributed by atoms with Gasteiger partial charge in [0.15, 0.2) is 0 Å². The van der Waals surface area contributed by atoms with Gasteiger partial charge in [-0.05, 0) is 92.9 Å². The molecule has 0 aliphatic carbocycles. The smallest absolute Gasteiger partial charge is 0.250 e. The van der Waals surface area contributed by atoms with E-state index in [1.165, 1.54) is 0 Å². The van der Waals surface area contributed by atoms with E-state index in [1.54, 1.807) is 18.2 Å². The molecule has 2 aliphatic heterocycles. The van der Waals surface area contributed by atoms with Crippen LogP contribution in [-0.2, 0) is 4.79 Å². The lowest BCUT2D eigenvalue weighted by molar-refractivity contribution is -0.131. The molecule has 0 aromatic heterocycles. The molecule has 1 saturated heterocycles. The summed E-state index contributed by atoms with van der Waals surface area (Å²) < 4.78 is 0. The zero-order valence-corrected chi connectivity index (χ0v) is 22.6. The predicted octanol–water partition coefficient (Wildman–Crippen LogP) is 6.50. The molecule has 192 valence electrons. The molecule has 1 fully saturated rings. The van der Waals surface area contributed by atoms with Crippen molar-refractivity contribution < 1.29 is 9.90 Å². The number of phenols is 1. The number of amidine groups is 1. The molecule has 3 aromatic rings. The Balaban J connectivity index is 1.64. The van der Waals surface area contributed by atoms with E-state index >= 15 is 0 Å². The molecule has 0 saturated carbocycles. The van der Waals surface area contributed by atoms with Gasteiger partial charge < -0.3 is 20.2 Å². The lowest BCUT2D eigenvalue weighted by Crippen LogP contribution is -2.48. The number of halogens is 2. The highest BCUT2D eigenvalue weighted by Gasteiger charge is 2.37. The van der Waals surface area contributed by atoms with E-state index in [-0.39, 0.29) is 17.7 Å². The zero-order valence-electron chi connectivity index (χ0n) is 21.1. The minimum atomic E-state index is -0.646. The molecule has 5 rings (SSSR count). The Morgan fingerprint density at radius 1 is 1.14 bits per heavy atom. The van der Waals surface area contributed by atoms with Crippen molar-refractivity contribution in [3.8, 4) is 16.9 Å². The van der Waals surface area contributed by atoms with Crippen molar-refractivity contribution in [1.29, 1.82) is 0 Å². The van der Waals surface area contributed by atoms with Crippen molar-refractivity contribution in [2.75, 3.05) is 25.0 Å². The number of likely N-dealkylation sites (N-methyl/N-ethyl adjacent to an activating group) is 1. The van der Waals surface area contributed by atoms with Crippen molar-refractivity contribution >= 4 is 46.3 Å². The van der Waals surface area contributed by atoms with E-state index in [4.69, 9.17) is 28.2 Å². The number of carbonyl (C=O) groups excluding carboxylic acids is 1. The van der Waals surface area contributed by atoms with Crippen LogP contribution in [0.15, 0.2) is 59.6 Å². The zero-order chi connectivity index (χ0) is 26.3. The third kappa shape index (κ3) is 5.19. The van der Waals surface area contributed by atoms with Gasteiger partial charge in [-0.2, -0.15) is 0 Å². The van der Waals surface area contributed by atoms with Gasteiger partial charge in [0.2, 0.25) is 5.91 Å². The number of hydrogen-bond donors (Lipinski definition) is 2. The van der Waals surface area contributed by atoms with E-state index < -0.39 is 6.04 Å². The van der Waals surface area contributed by atoms with Gasteiger partial charge in [-0.15, -0.1) is 0 Å². The van der Waals surface area contributed by atoms with Crippen molar-refractivity contribution in [3.05, 3.63) is 75.8 Å². The molecular weight excluding hydrogens is 507 g/mol. The lowest BCUT2D eigenvalue weighted by Gasteiger charge is -2.39.